The summed E-state index contributed by atoms with van der Waals surface area (Å²) in [5.41, 5.74) is 1.77. The van der Waals surface area contributed by atoms with Crippen molar-refractivity contribution in [3.05, 3.63) is 35.1 Å². The highest BCUT2D eigenvalue weighted by Crippen LogP contribution is 2.27. The van der Waals surface area contributed by atoms with E-state index < -0.39 is 0 Å². The highest BCUT2D eigenvalue weighted by atomic mass is 19.1. The molecule has 0 aliphatic heterocycles. The third kappa shape index (κ3) is 3.79. The van der Waals surface area contributed by atoms with E-state index in [9.17, 15) is 4.39 Å². The van der Waals surface area contributed by atoms with Gasteiger partial charge >= 0.3 is 0 Å². The predicted molar refractivity (Wildman–Crippen MR) is 78.7 cm³/mol. The van der Waals surface area contributed by atoms with Gasteiger partial charge in [0.1, 0.15) is 5.82 Å². The van der Waals surface area contributed by atoms with Crippen molar-refractivity contribution in [3.8, 4) is 0 Å². The molecule has 0 saturated heterocycles. The molecule has 19 heavy (non-hydrogen) atoms. The molecule has 1 fully saturated rings. The second-order valence-corrected chi connectivity index (χ2v) is 6.08. The van der Waals surface area contributed by atoms with Gasteiger partial charge in [0, 0.05) is 12.1 Å². The highest BCUT2D eigenvalue weighted by Gasteiger charge is 2.21. The zero-order valence-electron chi connectivity index (χ0n) is 12.4. The number of hydrogen-bond donors (Lipinski definition) is 1. The summed E-state index contributed by atoms with van der Waals surface area (Å²) in [5, 5.41) is 3.65. The molecular weight excluding hydrogens is 237 g/mol. The van der Waals surface area contributed by atoms with E-state index in [1.165, 1.54) is 32.1 Å². The summed E-state index contributed by atoms with van der Waals surface area (Å²) < 4.78 is 13.6. The molecule has 106 valence electrons. The van der Waals surface area contributed by atoms with Gasteiger partial charge in [-0.3, -0.25) is 0 Å². The van der Waals surface area contributed by atoms with Crippen LogP contribution >= 0.6 is 0 Å². The van der Waals surface area contributed by atoms with Crippen LogP contribution in [0.2, 0.25) is 0 Å². The maximum absolute atomic E-state index is 13.6. The number of aryl methyl sites for hydroxylation is 1. The molecule has 1 saturated carbocycles. The van der Waals surface area contributed by atoms with Crippen LogP contribution in [-0.4, -0.2) is 6.04 Å². The molecule has 0 bridgehead atoms. The molecular formula is C17H26FN. The molecule has 1 aliphatic rings. The SMILES string of the molecule is Cc1ccc(C(C)N[C@H](C)C2CCCCC2)cc1F. The second kappa shape index (κ2) is 6.51. The Morgan fingerprint density at radius 2 is 1.84 bits per heavy atom. The minimum absolute atomic E-state index is 0.100. The molecule has 2 heteroatoms. The number of benzene rings is 1. The van der Waals surface area contributed by atoms with Crippen molar-refractivity contribution < 1.29 is 4.39 Å². The summed E-state index contributed by atoms with van der Waals surface area (Å²) in [7, 11) is 0. The fourth-order valence-corrected chi connectivity index (χ4v) is 3.14. The third-order valence-corrected chi connectivity index (χ3v) is 4.57. The molecule has 1 aromatic rings. The molecule has 2 rings (SSSR count). The fourth-order valence-electron chi connectivity index (χ4n) is 3.14. The topological polar surface area (TPSA) is 12.0 Å². The average Bonchev–Trinajstić information content (AvgIpc) is 2.42. The third-order valence-electron chi connectivity index (χ3n) is 4.57. The van der Waals surface area contributed by atoms with Gasteiger partial charge in [-0.1, -0.05) is 31.4 Å². The van der Waals surface area contributed by atoms with Gasteiger partial charge in [-0.05, 0) is 56.7 Å². The Labute approximate surface area is 116 Å². The van der Waals surface area contributed by atoms with Crippen LogP contribution in [0.3, 0.4) is 0 Å². The summed E-state index contributed by atoms with van der Waals surface area (Å²) in [5.74, 6) is 0.683. The normalized spacial score (nSPS) is 20.2. The van der Waals surface area contributed by atoms with E-state index in [0.717, 1.165) is 17.0 Å². The Hall–Kier alpha value is -0.890. The van der Waals surface area contributed by atoms with E-state index in [0.29, 0.717) is 6.04 Å². The maximum Gasteiger partial charge on any atom is 0.126 e. The largest absolute Gasteiger partial charge is 0.307 e. The molecule has 1 aromatic carbocycles. The van der Waals surface area contributed by atoms with Crippen LogP contribution < -0.4 is 5.32 Å². The zero-order valence-corrected chi connectivity index (χ0v) is 12.4. The molecule has 1 aliphatic carbocycles. The van der Waals surface area contributed by atoms with Crippen molar-refractivity contribution in [2.45, 2.75) is 65.0 Å². The van der Waals surface area contributed by atoms with Gasteiger partial charge in [-0.2, -0.15) is 0 Å². The Morgan fingerprint density at radius 1 is 1.16 bits per heavy atom. The first-order chi connectivity index (χ1) is 9.08. The summed E-state index contributed by atoms with van der Waals surface area (Å²) in [4.78, 5) is 0. The summed E-state index contributed by atoms with van der Waals surface area (Å²) in [6.07, 6.45) is 6.79. The van der Waals surface area contributed by atoms with Gasteiger partial charge in [0.25, 0.3) is 0 Å². The van der Waals surface area contributed by atoms with Gasteiger partial charge in [-0.15, -0.1) is 0 Å². The first kappa shape index (κ1) is 14.5. The molecule has 1 N–H and O–H groups in total. The van der Waals surface area contributed by atoms with Crippen LogP contribution in [0.4, 0.5) is 4.39 Å². The van der Waals surface area contributed by atoms with E-state index in [-0.39, 0.29) is 11.9 Å². The molecule has 0 aromatic heterocycles. The Balaban J connectivity index is 1.95. The molecule has 2 atom stereocenters. The van der Waals surface area contributed by atoms with E-state index in [1.807, 2.05) is 19.1 Å². The predicted octanol–water partition coefficient (Wildman–Crippen LogP) is 4.75. The Bertz CT molecular complexity index is 410. The summed E-state index contributed by atoms with van der Waals surface area (Å²) in [6, 6.07) is 6.30. The first-order valence-corrected chi connectivity index (χ1v) is 7.60. The van der Waals surface area contributed by atoms with Crippen molar-refractivity contribution >= 4 is 0 Å². The standard InChI is InChI=1S/C17H26FN/c1-12-9-10-16(11-17(12)18)14(3)19-13(2)15-7-5-4-6-8-15/h9-11,13-15,19H,4-8H2,1-3H3/t13-,14?/m1/s1. The monoisotopic (exact) mass is 263 g/mol. The quantitative estimate of drug-likeness (QED) is 0.826. The van der Waals surface area contributed by atoms with Gasteiger partial charge in [0.15, 0.2) is 0 Å². The van der Waals surface area contributed by atoms with Crippen LogP contribution in [0.25, 0.3) is 0 Å². The number of hydrogen-bond acceptors (Lipinski definition) is 1. The van der Waals surface area contributed by atoms with E-state index in [2.05, 4.69) is 19.2 Å². The smallest absolute Gasteiger partial charge is 0.126 e. The number of nitrogens with one attached hydrogen (secondary N) is 1. The van der Waals surface area contributed by atoms with Crippen molar-refractivity contribution in [2.24, 2.45) is 5.92 Å². The van der Waals surface area contributed by atoms with E-state index in [1.54, 1.807) is 6.07 Å². The molecule has 0 spiro atoms. The first-order valence-electron chi connectivity index (χ1n) is 7.60. The maximum atomic E-state index is 13.6. The Kier molecular flexibility index (Phi) is 4.98. The molecule has 0 radical (unpaired) electrons. The van der Waals surface area contributed by atoms with Crippen LogP contribution in [0.15, 0.2) is 18.2 Å². The highest BCUT2D eigenvalue weighted by molar-refractivity contribution is 5.25. The molecule has 1 unspecified atom stereocenters. The molecule has 0 amide bonds. The van der Waals surface area contributed by atoms with Crippen LogP contribution in [0, 0.1) is 18.7 Å². The summed E-state index contributed by atoms with van der Waals surface area (Å²) >= 11 is 0. The van der Waals surface area contributed by atoms with Gasteiger partial charge in [0.2, 0.25) is 0 Å². The lowest BCUT2D eigenvalue weighted by Crippen LogP contribution is -2.36. The average molecular weight is 263 g/mol. The molecule has 1 nitrogen and oxygen atoms in total. The van der Waals surface area contributed by atoms with Gasteiger partial charge in [-0.25, -0.2) is 4.39 Å². The van der Waals surface area contributed by atoms with Gasteiger partial charge < -0.3 is 5.32 Å². The van der Waals surface area contributed by atoms with Crippen molar-refractivity contribution in [2.75, 3.05) is 0 Å². The lowest BCUT2D eigenvalue weighted by molar-refractivity contribution is 0.268. The van der Waals surface area contributed by atoms with E-state index >= 15 is 0 Å². The van der Waals surface area contributed by atoms with Crippen LogP contribution in [0.5, 0.6) is 0 Å². The Morgan fingerprint density at radius 3 is 2.47 bits per heavy atom. The van der Waals surface area contributed by atoms with Gasteiger partial charge in [0.05, 0.1) is 0 Å². The van der Waals surface area contributed by atoms with Crippen LogP contribution in [-0.2, 0) is 0 Å². The lowest BCUT2D eigenvalue weighted by Gasteiger charge is -2.31. The zero-order chi connectivity index (χ0) is 13.8. The minimum atomic E-state index is -0.100. The van der Waals surface area contributed by atoms with Crippen molar-refractivity contribution in [1.82, 2.24) is 5.32 Å². The fraction of sp³-hybridized carbons (Fsp3) is 0.647. The second-order valence-electron chi connectivity index (χ2n) is 6.08. The van der Waals surface area contributed by atoms with Crippen molar-refractivity contribution in [3.63, 3.8) is 0 Å². The molecule has 0 heterocycles. The number of rotatable bonds is 4. The lowest BCUT2D eigenvalue weighted by atomic mass is 9.84. The van der Waals surface area contributed by atoms with Crippen LogP contribution in [0.1, 0.15) is 63.1 Å². The van der Waals surface area contributed by atoms with E-state index in [4.69, 9.17) is 0 Å². The number of halogens is 1. The minimum Gasteiger partial charge on any atom is -0.307 e. The summed E-state index contributed by atoms with van der Waals surface area (Å²) in [6.45, 7) is 6.21. The van der Waals surface area contributed by atoms with Crippen molar-refractivity contribution in [1.29, 1.82) is 0 Å².